The summed E-state index contributed by atoms with van der Waals surface area (Å²) in [5.74, 6) is 2.04. The van der Waals surface area contributed by atoms with Gasteiger partial charge in [0.05, 0.1) is 5.75 Å². The first-order valence-corrected chi connectivity index (χ1v) is 10.0. The Hall–Kier alpha value is -3.00. The van der Waals surface area contributed by atoms with E-state index < -0.39 is 0 Å². The van der Waals surface area contributed by atoms with Gasteiger partial charge in [-0.05, 0) is 61.7 Å². The molecule has 1 aromatic heterocycles. The van der Waals surface area contributed by atoms with E-state index >= 15 is 0 Å². The Balaban J connectivity index is 1.31. The average molecular weight is 395 g/mol. The molecule has 8 heteroatoms. The number of nitrogens with zero attached hydrogens (tertiary/aromatic N) is 3. The number of nitrogens with one attached hydrogen (secondary N) is 1. The quantitative estimate of drug-likeness (QED) is 0.587. The van der Waals surface area contributed by atoms with Crippen LogP contribution in [0.15, 0.2) is 53.7 Å². The molecule has 0 unspecified atom stereocenters. The van der Waals surface area contributed by atoms with Crippen LogP contribution >= 0.6 is 11.8 Å². The molecule has 3 N–H and O–H groups in total. The minimum Gasteiger partial charge on any atom is -0.457 e. The molecule has 0 spiro atoms. The van der Waals surface area contributed by atoms with Gasteiger partial charge in [-0.25, -0.2) is 0 Å². The zero-order chi connectivity index (χ0) is 19.5. The van der Waals surface area contributed by atoms with Gasteiger partial charge in [0.25, 0.3) is 0 Å². The molecular formula is C20H21N5O2S. The fourth-order valence-corrected chi connectivity index (χ4v) is 3.62. The number of thioether (sulfide) groups is 1. The summed E-state index contributed by atoms with van der Waals surface area (Å²) in [6.07, 6.45) is 2.16. The van der Waals surface area contributed by atoms with Crippen molar-refractivity contribution in [1.29, 1.82) is 0 Å². The van der Waals surface area contributed by atoms with E-state index in [1.54, 1.807) is 0 Å². The highest BCUT2D eigenvalue weighted by Gasteiger charge is 2.29. The fraction of sp³-hybridized carbons (Fsp3) is 0.250. The smallest absolute Gasteiger partial charge is 0.234 e. The van der Waals surface area contributed by atoms with Gasteiger partial charge in [-0.3, -0.25) is 9.36 Å². The Labute approximate surface area is 167 Å². The number of nitrogens with two attached hydrogens (primary N) is 1. The first-order valence-electron chi connectivity index (χ1n) is 9.06. The highest BCUT2D eigenvalue weighted by atomic mass is 32.2. The van der Waals surface area contributed by atoms with Crippen LogP contribution in [0.3, 0.4) is 0 Å². The monoisotopic (exact) mass is 395 g/mol. The molecule has 2 aromatic carbocycles. The lowest BCUT2D eigenvalue weighted by Crippen LogP contribution is -2.14. The number of aromatic nitrogens is 3. The van der Waals surface area contributed by atoms with Gasteiger partial charge in [0.15, 0.2) is 5.16 Å². The second-order valence-corrected chi connectivity index (χ2v) is 7.66. The van der Waals surface area contributed by atoms with Crippen molar-refractivity contribution in [3.05, 3.63) is 54.1 Å². The molecule has 0 atom stereocenters. The first kappa shape index (κ1) is 18.4. The molecule has 0 radical (unpaired) electrons. The second-order valence-electron chi connectivity index (χ2n) is 6.72. The van der Waals surface area contributed by atoms with E-state index in [1.165, 1.54) is 11.8 Å². The number of amides is 1. The van der Waals surface area contributed by atoms with E-state index in [-0.39, 0.29) is 11.7 Å². The van der Waals surface area contributed by atoms with Crippen LogP contribution in [0.25, 0.3) is 0 Å². The summed E-state index contributed by atoms with van der Waals surface area (Å²) in [5, 5.41) is 11.6. The van der Waals surface area contributed by atoms with Crippen molar-refractivity contribution in [1.82, 2.24) is 14.8 Å². The molecule has 0 saturated heterocycles. The van der Waals surface area contributed by atoms with Gasteiger partial charge in [0, 0.05) is 11.7 Å². The Morgan fingerprint density at radius 3 is 2.71 bits per heavy atom. The molecule has 28 heavy (non-hydrogen) atoms. The predicted octanol–water partition coefficient (Wildman–Crippen LogP) is 4.03. The lowest BCUT2D eigenvalue weighted by molar-refractivity contribution is -0.113. The zero-order valence-electron chi connectivity index (χ0n) is 15.5. The summed E-state index contributed by atoms with van der Waals surface area (Å²) < 4.78 is 7.73. The molecule has 144 valence electrons. The van der Waals surface area contributed by atoms with Crippen LogP contribution < -0.4 is 15.8 Å². The molecule has 1 heterocycles. The number of benzene rings is 2. The maximum atomic E-state index is 12.3. The maximum Gasteiger partial charge on any atom is 0.234 e. The molecule has 1 aliphatic carbocycles. The van der Waals surface area contributed by atoms with Crippen molar-refractivity contribution in [2.45, 2.75) is 31.0 Å². The van der Waals surface area contributed by atoms with Crippen LogP contribution in [0.4, 0.5) is 11.6 Å². The summed E-state index contributed by atoms with van der Waals surface area (Å²) in [4.78, 5) is 12.3. The molecule has 0 aliphatic heterocycles. The number of aryl methyl sites for hydroxylation is 1. The number of hydrogen-bond donors (Lipinski definition) is 2. The summed E-state index contributed by atoms with van der Waals surface area (Å²) >= 11 is 1.34. The van der Waals surface area contributed by atoms with Crippen LogP contribution in [0.1, 0.15) is 24.4 Å². The summed E-state index contributed by atoms with van der Waals surface area (Å²) in [6.45, 7) is 2.02. The van der Waals surface area contributed by atoms with Crippen LogP contribution in [-0.4, -0.2) is 26.4 Å². The number of anilines is 2. The molecule has 4 rings (SSSR count). The molecule has 0 bridgehead atoms. The third-order valence-corrected chi connectivity index (χ3v) is 5.24. The zero-order valence-corrected chi connectivity index (χ0v) is 16.3. The van der Waals surface area contributed by atoms with Crippen LogP contribution in [-0.2, 0) is 4.79 Å². The molecule has 1 amide bonds. The van der Waals surface area contributed by atoms with Gasteiger partial charge in [0.1, 0.15) is 11.5 Å². The number of rotatable bonds is 7. The minimum absolute atomic E-state index is 0.110. The number of hydrogen-bond acceptors (Lipinski definition) is 6. The third-order valence-electron chi connectivity index (χ3n) is 4.30. The minimum atomic E-state index is -0.110. The first-order chi connectivity index (χ1) is 13.6. The van der Waals surface area contributed by atoms with Gasteiger partial charge in [0.2, 0.25) is 11.9 Å². The van der Waals surface area contributed by atoms with E-state index in [1.807, 2.05) is 60.0 Å². The van der Waals surface area contributed by atoms with Crippen LogP contribution in [0.5, 0.6) is 11.5 Å². The molecule has 1 fully saturated rings. The highest BCUT2D eigenvalue weighted by molar-refractivity contribution is 7.99. The number of nitrogen functional groups attached to an aromatic ring is 1. The van der Waals surface area contributed by atoms with E-state index in [2.05, 4.69) is 15.5 Å². The molecular weight excluding hydrogens is 374 g/mol. The van der Waals surface area contributed by atoms with Gasteiger partial charge >= 0.3 is 0 Å². The Bertz CT molecular complexity index is 983. The molecule has 1 saturated carbocycles. The SMILES string of the molecule is Cc1cccc(Oc2ccc(NC(=O)CSc3nnc(N)n3C3CC3)cc2)c1. The Morgan fingerprint density at radius 2 is 2.00 bits per heavy atom. The number of carbonyl (C=O) groups is 1. The Morgan fingerprint density at radius 1 is 1.21 bits per heavy atom. The van der Waals surface area contributed by atoms with E-state index in [9.17, 15) is 4.79 Å². The average Bonchev–Trinajstić information content (AvgIpc) is 3.44. The highest BCUT2D eigenvalue weighted by Crippen LogP contribution is 2.39. The van der Waals surface area contributed by atoms with Crippen molar-refractivity contribution in [2.75, 3.05) is 16.8 Å². The lowest BCUT2D eigenvalue weighted by atomic mass is 10.2. The van der Waals surface area contributed by atoms with Crippen molar-refractivity contribution < 1.29 is 9.53 Å². The van der Waals surface area contributed by atoms with Crippen LogP contribution in [0.2, 0.25) is 0 Å². The van der Waals surface area contributed by atoms with Crippen molar-refractivity contribution >= 4 is 29.3 Å². The number of ether oxygens (including phenoxy) is 1. The van der Waals surface area contributed by atoms with Crippen LogP contribution in [0, 0.1) is 6.92 Å². The van der Waals surface area contributed by atoms with Gasteiger partial charge in [-0.2, -0.15) is 0 Å². The second kappa shape index (κ2) is 7.93. The van der Waals surface area contributed by atoms with Crippen molar-refractivity contribution in [3.63, 3.8) is 0 Å². The lowest BCUT2D eigenvalue weighted by Gasteiger charge is -2.09. The van der Waals surface area contributed by atoms with Gasteiger partial charge < -0.3 is 15.8 Å². The summed E-state index contributed by atoms with van der Waals surface area (Å²) in [7, 11) is 0. The molecule has 3 aromatic rings. The van der Waals surface area contributed by atoms with E-state index in [0.29, 0.717) is 28.6 Å². The normalized spacial score (nSPS) is 13.3. The topological polar surface area (TPSA) is 95.1 Å². The molecule has 7 nitrogen and oxygen atoms in total. The van der Waals surface area contributed by atoms with Gasteiger partial charge in [-0.15, -0.1) is 10.2 Å². The van der Waals surface area contributed by atoms with Crippen molar-refractivity contribution in [2.24, 2.45) is 0 Å². The summed E-state index contributed by atoms with van der Waals surface area (Å²) in [5.41, 5.74) is 7.70. The van der Waals surface area contributed by atoms with Crippen molar-refractivity contribution in [3.8, 4) is 11.5 Å². The van der Waals surface area contributed by atoms with E-state index in [0.717, 1.165) is 24.2 Å². The standard InChI is InChI=1S/C20H21N5O2S/c1-13-3-2-4-17(11-13)27-16-9-5-14(6-10-16)22-18(26)12-28-20-24-23-19(21)25(20)15-7-8-15/h2-6,9-11,15H,7-8,12H2,1H3,(H2,21,23)(H,22,26). The van der Waals surface area contributed by atoms with Gasteiger partial charge in [-0.1, -0.05) is 23.9 Å². The maximum absolute atomic E-state index is 12.3. The largest absolute Gasteiger partial charge is 0.457 e. The predicted molar refractivity (Wildman–Crippen MR) is 110 cm³/mol. The fourth-order valence-electron chi connectivity index (χ4n) is 2.81. The third kappa shape index (κ3) is 4.45. The van der Waals surface area contributed by atoms with E-state index in [4.69, 9.17) is 10.5 Å². The molecule has 1 aliphatic rings. The number of carbonyl (C=O) groups excluding carboxylic acids is 1. The summed E-state index contributed by atoms with van der Waals surface area (Å²) in [6, 6.07) is 15.5. The Kier molecular flexibility index (Phi) is 5.21.